The average Bonchev–Trinajstić information content (AvgIpc) is 2.60. The second kappa shape index (κ2) is 10.0. The van der Waals surface area contributed by atoms with Crippen molar-refractivity contribution in [1.82, 2.24) is 5.32 Å². The molecule has 0 radical (unpaired) electrons. The van der Waals surface area contributed by atoms with E-state index >= 15 is 0 Å². The number of halogens is 2. The van der Waals surface area contributed by atoms with Crippen molar-refractivity contribution in [3.63, 3.8) is 0 Å². The molecule has 0 aliphatic heterocycles. The van der Waals surface area contributed by atoms with E-state index in [1.54, 1.807) is 38.4 Å². The molecule has 0 heterocycles. The number of aromatic carboxylic acids is 1. The first-order valence-corrected chi connectivity index (χ1v) is 8.53. The molecule has 2 N–H and O–H groups in total. The molecule has 8 heteroatoms. The zero-order valence-electron chi connectivity index (χ0n) is 13.8. The van der Waals surface area contributed by atoms with E-state index in [9.17, 15) is 9.59 Å². The van der Waals surface area contributed by atoms with Gasteiger partial charge in [-0.05, 0) is 36.4 Å². The molecule has 2 aromatic carbocycles. The highest BCUT2D eigenvalue weighted by Crippen LogP contribution is 2.21. The van der Waals surface area contributed by atoms with Crippen molar-refractivity contribution >= 4 is 43.7 Å². The van der Waals surface area contributed by atoms with Gasteiger partial charge in [-0.1, -0.05) is 31.9 Å². The minimum atomic E-state index is -0.963. The topological polar surface area (TPSA) is 84.9 Å². The Morgan fingerprint density at radius 1 is 0.880 bits per heavy atom. The number of hydrogen-bond donors (Lipinski definition) is 2. The summed E-state index contributed by atoms with van der Waals surface area (Å²) in [7, 11) is 4.65. The lowest BCUT2D eigenvalue weighted by Crippen LogP contribution is -2.17. The molecular weight excluding hydrogens is 458 g/mol. The normalized spacial score (nSPS) is 9.48. The number of methoxy groups -OCH3 is 2. The molecule has 0 saturated carbocycles. The molecule has 6 nitrogen and oxygen atoms in total. The number of ether oxygens (including phenoxy) is 2. The third-order valence-corrected chi connectivity index (χ3v) is 3.87. The number of benzene rings is 2. The predicted octanol–water partition coefficient (Wildman–Crippen LogP) is 3.97. The summed E-state index contributed by atoms with van der Waals surface area (Å²) < 4.78 is 11.4. The highest BCUT2D eigenvalue weighted by molar-refractivity contribution is 9.10. The lowest BCUT2D eigenvalue weighted by Gasteiger charge is -2.04. The molecule has 0 unspecified atom stereocenters. The Morgan fingerprint density at radius 3 is 1.72 bits per heavy atom. The van der Waals surface area contributed by atoms with Crippen molar-refractivity contribution in [2.24, 2.45) is 0 Å². The van der Waals surface area contributed by atoms with Crippen molar-refractivity contribution in [2.75, 3.05) is 21.3 Å². The van der Waals surface area contributed by atoms with Crippen LogP contribution in [0.4, 0.5) is 0 Å². The zero-order valence-corrected chi connectivity index (χ0v) is 17.0. The summed E-state index contributed by atoms with van der Waals surface area (Å²) in [6.07, 6.45) is 0. The van der Waals surface area contributed by atoms with Gasteiger partial charge in [0.1, 0.15) is 11.5 Å². The van der Waals surface area contributed by atoms with E-state index in [-0.39, 0.29) is 11.5 Å². The number of carboxylic acids is 1. The van der Waals surface area contributed by atoms with Crippen LogP contribution in [0.2, 0.25) is 0 Å². The van der Waals surface area contributed by atoms with Crippen LogP contribution in [0.15, 0.2) is 45.3 Å². The maximum absolute atomic E-state index is 11.2. The van der Waals surface area contributed by atoms with Gasteiger partial charge in [0, 0.05) is 21.6 Å². The molecule has 0 atom stereocenters. The number of carboxylic acid groups (broad SMARTS) is 1. The van der Waals surface area contributed by atoms with Crippen molar-refractivity contribution in [3.8, 4) is 11.5 Å². The fourth-order valence-corrected chi connectivity index (χ4v) is 2.70. The Bertz CT molecular complexity index is 765. The molecule has 2 aromatic rings. The lowest BCUT2D eigenvalue weighted by molar-refractivity contribution is 0.0696. The van der Waals surface area contributed by atoms with Crippen LogP contribution in [0.1, 0.15) is 20.7 Å². The molecule has 0 fully saturated rings. The molecular formula is C17H17Br2NO5. The quantitative estimate of drug-likeness (QED) is 0.700. The van der Waals surface area contributed by atoms with E-state index < -0.39 is 5.97 Å². The summed E-state index contributed by atoms with van der Waals surface area (Å²) in [6, 6.07) is 9.90. The van der Waals surface area contributed by atoms with Crippen molar-refractivity contribution in [3.05, 3.63) is 56.5 Å². The van der Waals surface area contributed by atoms with Gasteiger partial charge in [-0.15, -0.1) is 0 Å². The van der Waals surface area contributed by atoms with E-state index in [1.165, 1.54) is 19.2 Å². The van der Waals surface area contributed by atoms with Gasteiger partial charge in [0.15, 0.2) is 0 Å². The highest BCUT2D eigenvalue weighted by Gasteiger charge is 2.06. The van der Waals surface area contributed by atoms with Crippen LogP contribution in [-0.4, -0.2) is 38.3 Å². The summed E-state index contributed by atoms with van der Waals surface area (Å²) >= 11 is 6.47. The Morgan fingerprint density at radius 2 is 1.32 bits per heavy atom. The molecule has 0 spiro atoms. The van der Waals surface area contributed by atoms with Crippen LogP contribution in [-0.2, 0) is 0 Å². The van der Waals surface area contributed by atoms with Gasteiger partial charge >= 0.3 is 5.97 Å². The van der Waals surface area contributed by atoms with E-state index in [4.69, 9.17) is 14.6 Å². The number of carbonyl (C=O) groups is 2. The zero-order chi connectivity index (χ0) is 19.0. The summed E-state index contributed by atoms with van der Waals surface area (Å²) in [5.41, 5.74) is 0.787. The molecule has 134 valence electrons. The van der Waals surface area contributed by atoms with Gasteiger partial charge in [-0.2, -0.15) is 0 Å². The van der Waals surface area contributed by atoms with Crippen molar-refractivity contribution < 1.29 is 24.2 Å². The molecule has 0 bridgehead atoms. The monoisotopic (exact) mass is 473 g/mol. The first-order valence-electron chi connectivity index (χ1n) is 6.95. The summed E-state index contributed by atoms with van der Waals surface area (Å²) in [5, 5.41) is 11.2. The van der Waals surface area contributed by atoms with Gasteiger partial charge in [0.2, 0.25) is 0 Å². The van der Waals surface area contributed by atoms with E-state index in [0.29, 0.717) is 21.5 Å². The van der Waals surface area contributed by atoms with Gasteiger partial charge in [0.25, 0.3) is 5.91 Å². The standard InChI is InChI=1S/C9H10BrNO2.C8H7BrO3/c1-11-9(12)6-3-7(10)5-8(4-6)13-2;1-12-7-3-5(8(10)11)2-6(9)4-7/h3-5H,1-2H3,(H,11,12);2-4H,1H3,(H,10,11). The largest absolute Gasteiger partial charge is 0.497 e. The molecule has 2 rings (SSSR count). The van der Waals surface area contributed by atoms with Crippen molar-refractivity contribution in [1.29, 1.82) is 0 Å². The Balaban J connectivity index is 0.000000251. The Hall–Kier alpha value is -2.06. The van der Waals surface area contributed by atoms with E-state index in [0.717, 1.165) is 4.47 Å². The minimum absolute atomic E-state index is 0.125. The number of carbonyl (C=O) groups excluding carboxylic acids is 1. The summed E-state index contributed by atoms with van der Waals surface area (Å²) in [6.45, 7) is 0. The molecule has 0 saturated heterocycles. The number of rotatable bonds is 4. The van der Waals surface area contributed by atoms with E-state index in [1.807, 2.05) is 0 Å². The average molecular weight is 475 g/mol. The second-order valence-corrected chi connectivity index (χ2v) is 6.48. The molecule has 0 aliphatic rings. The van der Waals surface area contributed by atoms with Gasteiger partial charge in [0.05, 0.1) is 19.8 Å². The number of hydrogen-bond acceptors (Lipinski definition) is 4. The Labute approximate surface area is 162 Å². The molecule has 25 heavy (non-hydrogen) atoms. The predicted molar refractivity (Wildman–Crippen MR) is 102 cm³/mol. The Kier molecular flexibility index (Phi) is 8.44. The maximum Gasteiger partial charge on any atom is 0.335 e. The van der Waals surface area contributed by atoms with Gasteiger partial charge < -0.3 is 19.9 Å². The maximum atomic E-state index is 11.2. The first kappa shape index (κ1) is 21.0. The van der Waals surface area contributed by atoms with Crippen molar-refractivity contribution in [2.45, 2.75) is 0 Å². The van der Waals surface area contributed by atoms with Crippen LogP contribution in [0.5, 0.6) is 11.5 Å². The van der Waals surface area contributed by atoms with E-state index in [2.05, 4.69) is 37.2 Å². The molecule has 0 aromatic heterocycles. The fourth-order valence-electron chi connectivity index (χ4n) is 1.76. The smallest absolute Gasteiger partial charge is 0.335 e. The highest BCUT2D eigenvalue weighted by atomic mass is 79.9. The number of nitrogens with one attached hydrogen (secondary N) is 1. The van der Waals surface area contributed by atoms with Gasteiger partial charge in [-0.25, -0.2) is 4.79 Å². The molecule has 1 amide bonds. The van der Waals surface area contributed by atoms with Crippen LogP contribution in [0.3, 0.4) is 0 Å². The van der Waals surface area contributed by atoms with Crippen LogP contribution < -0.4 is 14.8 Å². The molecule has 0 aliphatic carbocycles. The SMILES string of the molecule is CNC(=O)c1cc(Br)cc(OC)c1.COc1cc(Br)cc(C(=O)O)c1. The van der Waals surface area contributed by atoms with Crippen LogP contribution >= 0.6 is 31.9 Å². The fraction of sp³-hybridized carbons (Fsp3) is 0.176. The number of amides is 1. The summed E-state index contributed by atoms with van der Waals surface area (Å²) in [4.78, 5) is 21.8. The minimum Gasteiger partial charge on any atom is -0.497 e. The third-order valence-electron chi connectivity index (χ3n) is 2.95. The van der Waals surface area contributed by atoms with Crippen LogP contribution in [0.25, 0.3) is 0 Å². The first-order chi connectivity index (χ1) is 11.8. The summed E-state index contributed by atoms with van der Waals surface area (Å²) in [5.74, 6) is 0.101. The second-order valence-electron chi connectivity index (χ2n) is 4.64. The lowest BCUT2D eigenvalue weighted by atomic mass is 10.2. The van der Waals surface area contributed by atoms with Crippen LogP contribution in [0, 0.1) is 0 Å². The third kappa shape index (κ3) is 6.75. The van der Waals surface area contributed by atoms with Gasteiger partial charge in [-0.3, -0.25) is 4.79 Å².